The van der Waals surface area contributed by atoms with Gasteiger partial charge in [0.05, 0.1) is 11.8 Å². The van der Waals surface area contributed by atoms with Gasteiger partial charge in [-0.15, -0.1) is 0 Å². The van der Waals surface area contributed by atoms with Gasteiger partial charge < -0.3 is 14.7 Å². The minimum atomic E-state index is -3.12. The van der Waals surface area contributed by atoms with Gasteiger partial charge in [-0.1, -0.05) is 94.1 Å². The van der Waals surface area contributed by atoms with Gasteiger partial charge in [0.25, 0.3) is 10.2 Å². The molecule has 0 N–H and O–H groups in total. The van der Waals surface area contributed by atoms with Crippen molar-refractivity contribution in [2.45, 2.75) is 243 Å². The van der Waals surface area contributed by atoms with Crippen LogP contribution in [0, 0.1) is 23.7 Å². The van der Waals surface area contributed by atoms with Gasteiger partial charge in [0, 0.05) is 92.0 Å². The lowest BCUT2D eigenvalue weighted by molar-refractivity contribution is 0.105. The minimum Gasteiger partial charge on any atom is -0.373 e. The van der Waals surface area contributed by atoms with Crippen molar-refractivity contribution in [2.75, 3.05) is 45.0 Å². The van der Waals surface area contributed by atoms with Crippen molar-refractivity contribution in [1.29, 1.82) is 0 Å². The number of allylic oxidation sites excluding steroid dienone is 1. The number of likely N-dealkylation sites (tertiary alicyclic amines) is 1. The molecule has 2 aliphatic carbocycles. The second kappa shape index (κ2) is 33.3. The van der Waals surface area contributed by atoms with Crippen molar-refractivity contribution in [1.82, 2.24) is 27.6 Å². The van der Waals surface area contributed by atoms with E-state index in [1.54, 1.807) is 12.9 Å². The van der Waals surface area contributed by atoms with Crippen LogP contribution in [0.3, 0.4) is 0 Å². The topological polar surface area (TPSA) is 105 Å². The lowest BCUT2D eigenvalue weighted by Gasteiger charge is -2.45. The molecule has 0 bridgehead atoms. The van der Waals surface area contributed by atoms with Crippen LogP contribution in [0.25, 0.3) is 0 Å². The van der Waals surface area contributed by atoms with E-state index in [0.29, 0.717) is 42.3 Å². The number of nitrogens with zero attached hydrogens (tertiary/aromatic N) is 6. The van der Waals surface area contributed by atoms with Gasteiger partial charge in [-0.05, 0) is 143 Å². The Balaban J connectivity index is 0. The van der Waals surface area contributed by atoms with E-state index in [4.69, 9.17) is 0 Å². The van der Waals surface area contributed by atoms with Crippen molar-refractivity contribution in [3.8, 4) is 0 Å². The van der Waals surface area contributed by atoms with Crippen LogP contribution < -0.4 is 0 Å². The van der Waals surface area contributed by atoms with Crippen molar-refractivity contribution in [3.63, 3.8) is 0 Å². The van der Waals surface area contributed by atoms with Crippen LogP contribution >= 0.6 is 0 Å². The fourth-order valence-corrected chi connectivity index (χ4v) is 15.2. The highest BCUT2D eigenvalue weighted by Crippen LogP contribution is 2.40. The third-order valence-corrected chi connectivity index (χ3v) is 18.5. The molecule has 6 unspecified atom stereocenters. The van der Waals surface area contributed by atoms with Crippen LogP contribution in [0.4, 0.5) is 4.79 Å². The molecule has 6 heterocycles. The maximum atomic E-state index is 12.0. The van der Waals surface area contributed by atoms with E-state index in [2.05, 4.69) is 44.1 Å². The van der Waals surface area contributed by atoms with Crippen molar-refractivity contribution < 1.29 is 21.6 Å². The Morgan fingerprint density at radius 3 is 1.39 bits per heavy atom. The van der Waals surface area contributed by atoms with Crippen molar-refractivity contribution >= 4 is 43.1 Å². The second-order valence-corrected chi connectivity index (χ2v) is 23.2. The molecule has 8 rings (SSSR count). The standard InChI is InChI=1S/C13H23N.C11H21NO2S.C10H18N2O.C9H18N2O2S.4C2H6.2B/c1-10(2)14-9-13-7-5-4-6-12(13)8-11(14)3;1-9(2)12-7-10-5-3-4-6-11(10)8-15(12,13)14;1-8(2)12-7-9-5-3-4-6-11(9)10(12)13;1-8(2)11-7-9-5-3-4-6-10(9)14(11,12)13;4*1-2;;/h10,12-13H,3-9H2,1-2H3;9-11H,3-8H2,1-2H3;8-9H,3-7H2,1-2H3;8-9H,3-7H2,1-2H3;4*1-2H3;;. The van der Waals surface area contributed by atoms with E-state index >= 15 is 0 Å². The maximum absolute atomic E-state index is 12.0. The molecule has 6 saturated heterocycles. The van der Waals surface area contributed by atoms with Crippen LogP contribution in [-0.4, -0.2) is 149 Å². The number of amides is 2. The molecular weight excluding hydrogens is 862 g/mol. The zero-order valence-corrected chi connectivity index (χ0v) is 47.4. The minimum absolute atomic E-state index is 0. The largest absolute Gasteiger partial charge is 0.373 e. The average Bonchev–Trinajstić information content (AvgIpc) is 3.78. The molecule has 6 radical (unpaired) electrons. The van der Waals surface area contributed by atoms with Crippen LogP contribution in [0.2, 0.25) is 0 Å². The van der Waals surface area contributed by atoms with Crippen LogP contribution in [0.15, 0.2) is 12.3 Å². The van der Waals surface area contributed by atoms with Crippen LogP contribution in [-0.2, 0) is 20.2 Å². The van der Waals surface area contributed by atoms with Gasteiger partial charge in [0.2, 0.25) is 10.0 Å². The van der Waals surface area contributed by atoms with E-state index in [9.17, 15) is 21.6 Å². The van der Waals surface area contributed by atoms with Gasteiger partial charge in [0.1, 0.15) is 0 Å². The number of fused-ring (bicyclic) bond motifs is 4. The molecule has 66 heavy (non-hydrogen) atoms. The van der Waals surface area contributed by atoms with E-state index in [1.165, 1.54) is 89.3 Å². The molecule has 6 aliphatic heterocycles. The summed E-state index contributed by atoms with van der Waals surface area (Å²) in [4.78, 5) is 18.4. The normalized spacial score (nSPS) is 28.5. The summed E-state index contributed by atoms with van der Waals surface area (Å²) in [5, 5.41) is 0. The Kier molecular flexibility index (Phi) is 33.7. The number of hydrogen-bond acceptors (Lipinski definition) is 6. The van der Waals surface area contributed by atoms with Gasteiger partial charge in [-0.2, -0.15) is 21.3 Å². The predicted molar refractivity (Wildman–Crippen MR) is 286 cm³/mol. The summed E-state index contributed by atoms with van der Waals surface area (Å²) in [6, 6.07) is 2.24. The number of piperidine rings is 3. The van der Waals surface area contributed by atoms with E-state index in [0.717, 1.165) is 57.3 Å². The predicted octanol–water partition coefficient (Wildman–Crippen LogP) is 11.1. The first-order valence-electron chi connectivity index (χ1n) is 26.7. The molecule has 15 heteroatoms. The SMILES string of the molecule is C=C1CC2CCCCC2CN1C(C)C.CC.CC.CC.CC.CC(C)N1CC2CCCCC2CS1(=O)=O.CC(C)N1CC2CCCCN2C1=O.CC(C)N1CC2CCCCN2S1(=O)=O.[B].[B]. The Morgan fingerprint density at radius 1 is 0.485 bits per heavy atom. The summed E-state index contributed by atoms with van der Waals surface area (Å²) in [7, 11) is -6.08. The van der Waals surface area contributed by atoms with Gasteiger partial charge in [-0.25, -0.2) is 13.2 Å². The molecule has 8 aliphatic rings. The molecule has 0 aromatic rings. The number of carbonyl (C=O) groups is 1. The quantitative estimate of drug-likeness (QED) is 0.260. The highest BCUT2D eigenvalue weighted by molar-refractivity contribution is 7.89. The van der Waals surface area contributed by atoms with Gasteiger partial charge >= 0.3 is 6.03 Å². The molecule has 0 aromatic carbocycles. The molecule has 11 nitrogen and oxygen atoms in total. The van der Waals surface area contributed by atoms with E-state index in [-0.39, 0.29) is 41.0 Å². The lowest BCUT2D eigenvalue weighted by atomic mass is 9.74. The van der Waals surface area contributed by atoms with Crippen molar-refractivity contribution in [2.24, 2.45) is 23.7 Å². The Hall–Kier alpha value is -1.28. The molecule has 8 fully saturated rings. The number of sulfonamides is 1. The van der Waals surface area contributed by atoms with Crippen LogP contribution in [0.1, 0.15) is 207 Å². The monoisotopic (exact) mass is 967 g/mol. The van der Waals surface area contributed by atoms with E-state index < -0.39 is 20.2 Å². The molecule has 2 saturated carbocycles. The fourth-order valence-electron chi connectivity index (χ4n) is 10.9. The Labute approximate surface area is 414 Å². The summed E-state index contributed by atoms with van der Waals surface area (Å²) < 4.78 is 53.1. The second-order valence-electron chi connectivity index (χ2n) is 19.4. The third kappa shape index (κ3) is 18.5. The molecular formula is C51H104B2N6O5S2. The number of hydrogen-bond donors (Lipinski definition) is 0. The Bertz CT molecular complexity index is 1520. The first-order valence-corrected chi connectivity index (χ1v) is 29.7. The molecule has 386 valence electrons. The summed E-state index contributed by atoms with van der Waals surface area (Å²) in [6.45, 7) is 42.2. The molecule has 6 atom stereocenters. The van der Waals surface area contributed by atoms with Crippen molar-refractivity contribution in [3.05, 3.63) is 12.3 Å². The number of rotatable bonds is 4. The maximum Gasteiger partial charge on any atom is 0.320 e. The smallest absolute Gasteiger partial charge is 0.320 e. The highest BCUT2D eigenvalue weighted by atomic mass is 32.2. The zero-order valence-electron chi connectivity index (χ0n) is 45.7. The van der Waals surface area contributed by atoms with E-state index in [1.807, 2.05) is 88.0 Å². The fraction of sp³-hybridized carbons (Fsp3) is 0.941. The zero-order chi connectivity index (χ0) is 48.9. The highest BCUT2D eigenvalue weighted by Gasteiger charge is 2.46. The third-order valence-electron chi connectivity index (χ3n) is 14.1. The summed E-state index contributed by atoms with van der Waals surface area (Å²) in [5.41, 5.74) is 1.39. The molecule has 2 amide bonds. The summed E-state index contributed by atoms with van der Waals surface area (Å²) >= 11 is 0. The number of urea groups is 1. The van der Waals surface area contributed by atoms with Gasteiger partial charge in [-0.3, -0.25) is 0 Å². The lowest BCUT2D eigenvalue weighted by Crippen LogP contribution is -2.50. The Morgan fingerprint density at radius 2 is 0.924 bits per heavy atom. The summed E-state index contributed by atoms with van der Waals surface area (Å²) in [5.74, 6) is 3.40. The molecule has 0 aromatic heterocycles. The first-order chi connectivity index (χ1) is 30.4. The summed E-state index contributed by atoms with van der Waals surface area (Å²) in [6.07, 6.45) is 18.8. The molecule has 0 spiro atoms. The van der Waals surface area contributed by atoms with Gasteiger partial charge in [0.15, 0.2) is 0 Å². The average molecular weight is 967 g/mol. The first kappa shape index (κ1) is 66.8. The number of carbonyl (C=O) groups excluding carboxylic acids is 1. The van der Waals surface area contributed by atoms with Crippen LogP contribution in [0.5, 0.6) is 0 Å².